The zero-order chi connectivity index (χ0) is 14.9. The van der Waals surface area contributed by atoms with E-state index >= 15 is 0 Å². The minimum Gasteiger partial charge on any atom is -0.504 e. The second-order valence-corrected chi connectivity index (χ2v) is 6.53. The topological polar surface area (TPSA) is 63.6 Å². The molecule has 1 N–H and O–H groups in total. The summed E-state index contributed by atoms with van der Waals surface area (Å²) in [4.78, 5) is 0.176. The summed E-state index contributed by atoms with van der Waals surface area (Å²) < 4.78 is 30.1. The normalized spacial score (nSPS) is 11.3. The van der Waals surface area contributed by atoms with Gasteiger partial charge >= 0.3 is 0 Å². The molecule has 0 fully saturated rings. The predicted octanol–water partition coefficient (Wildman–Crippen LogP) is 3.20. The summed E-state index contributed by atoms with van der Waals surface area (Å²) in [5.74, 6) is -0.0139. The first kappa shape index (κ1) is 14.7. The number of rotatable bonds is 3. The molecule has 0 bridgehead atoms. The number of hydrogen-bond acceptors (Lipinski definition) is 4. The van der Waals surface area contributed by atoms with E-state index < -0.39 is 9.84 Å². The summed E-state index contributed by atoms with van der Waals surface area (Å²) in [7, 11) is -2.36. The number of phenols is 1. The fourth-order valence-electron chi connectivity index (χ4n) is 1.83. The Morgan fingerprint density at radius 1 is 1.20 bits per heavy atom. The number of benzene rings is 2. The number of sulfone groups is 1. The fourth-order valence-corrected chi connectivity index (χ4v) is 3.60. The van der Waals surface area contributed by atoms with Crippen molar-refractivity contribution in [2.45, 2.75) is 16.7 Å². The van der Waals surface area contributed by atoms with Crippen LogP contribution in [0, 0.1) is 6.92 Å². The van der Waals surface area contributed by atoms with E-state index in [-0.39, 0.29) is 21.3 Å². The Morgan fingerprint density at radius 2 is 1.90 bits per heavy atom. The molecule has 4 nitrogen and oxygen atoms in total. The Bertz CT molecular complexity index is 754. The highest BCUT2D eigenvalue weighted by molar-refractivity contribution is 7.91. The summed E-state index contributed by atoms with van der Waals surface area (Å²) in [5.41, 5.74) is 0.487. The lowest BCUT2D eigenvalue weighted by molar-refractivity contribution is 0.372. The number of ether oxygens (including phenoxy) is 1. The van der Waals surface area contributed by atoms with E-state index in [1.165, 1.54) is 31.4 Å². The molecule has 6 heteroatoms. The van der Waals surface area contributed by atoms with Gasteiger partial charge in [0, 0.05) is 11.1 Å². The summed E-state index contributed by atoms with van der Waals surface area (Å²) >= 11 is 5.96. The first-order chi connectivity index (χ1) is 9.37. The fraction of sp³-hybridized carbons (Fsp3) is 0.143. The molecule has 106 valence electrons. The van der Waals surface area contributed by atoms with E-state index in [1.54, 1.807) is 19.1 Å². The molecule has 0 aliphatic rings. The molecule has 0 radical (unpaired) electrons. The number of halogens is 1. The quantitative estimate of drug-likeness (QED) is 0.945. The van der Waals surface area contributed by atoms with Crippen LogP contribution in [-0.4, -0.2) is 20.6 Å². The molecular weight excluding hydrogens is 300 g/mol. The number of methoxy groups -OCH3 is 1. The first-order valence-corrected chi connectivity index (χ1v) is 7.61. The van der Waals surface area contributed by atoms with Gasteiger partial charge < -0.3 is 9.84 Å². The van der Waals surface area contributed by atoms with Crippen molar-refractivity contribution in [3.63, 3.8) is 0 Å². The number of hydrogen-bond donors (Lipinski definition) is 1. The monoisotopic (exact) mass is 312 g/mol. The van der Waals surface area contributed by atoms with Gasteiger partial charge in [-0.25, -0.2) is 8.42 Å². The van der Waals surface area contributed by atoms with Crippen molar-refractivity contribution in [3.8, 4) is 11.5 Å². The predicted molar refractivity (Wildman–Crippen MR) is 76.3 cm³/mol. The van der Waals surface area contributed by atoms with Crippen molar-refractivity contribution in [2.24, 2.45) is 0 Å². The smallest absolute Gasteiger partial charge is 0.207 e. The van der Waals surface area contributed by atoms with Gasteiger partial charge in [0.25, 0.3) is 0 Å². The maximum atomic E-state index is 12.6. The van der Waals surface area contributed by atoms with Gasteiger partial charge in [-0.2, -0.15) is 0 Å². The summed E-state index contributed by atoms with van der Waals surface area (Å²) in [5, 5.41) is 9.91. The van der Waals surface area contributed by atoms with Crippen LogP contribution in [0.2, 0.25) is 5.02 Å². The third-order valence-electron chi connectivity index (χ3n) is 2.97. The third-order valence-corrected chi connectivity index (χ3v) is 5.27. The molecule has 0 saturated carbocycles. The lowest BCUT2D eigenvalue weighted by atomic mass is 10.2. The average molecular weight is 313 g/mol. The van der Waals surface area contributed by atoms with Crippen molar-refractivity contribution >= 4 is 21.4 Å². The largest absolute Gasteiger partial charge is 0.504 e. The number of phenolic OH excluding ortho intramolecular Hbond substituents is 1. The lowest BCUT2D eigenvalue weighted by Gasteiger charge is -2.10. The maximum absolute atomic E-state index is 12.6. The van der Waals surface area contributed by atoms with Crippen LogP contribution in [0.4, 0.5) is 0 Å². The molecule has 0 amide bonds. The molecule has 0 saturated heterocycles. The van der Waals surface area contributed by atoms with Gasteiger partial charge in [0.15, 0.2) is 11.5 Å². The van der Waals surface area contributed by atoms with Crippen LogP contribution >= 0.6 is 11.6 Å². The van der Waals surface area contributed by atoms with Gasteiger partial charge in [-0.1, -0.05) is 17.7 Å². The SMILES string of the molecule is COc1cc(S(=O)(=O)c2cccc(Cl)c2C)ccc1O. The molecule has 0 aliphatic heterocycles. The molecule has 20 heavy (non-hydrogen) atoms. The molecule has 0 atom stereocenters. The van der Waals surface area contributed by atoms with Crippen LogP contribution in [-0.2, 0) is 9.84 Å². The van der Waals surface area contributed by atoms with Crippen LogP contribution in [0.1, 0.15) is 5.56 Å². The Hall–Kier alpha value is -1.72. The van der Waals surface area contributed by atoms with E-state index in [4.69, 9.17) is 16.3 Å². The molecule has 0 unspecified atom stereocenters. The molecule has 0 aliphatic carbocycles. The average Bonchev–Trinajstić information content (AvgIpc) is 2.42. The summed E-state index contributed by atoms with van der Waals surface area (Å²) in [6.07, 6.45) is 0. The van der Waals surface area contributed by atoms with E-state index in [0.717, 1.165) is 0 Å². The third kappa shape index (κ3) is 2.46. The second-order valence-electron chi connectivity index (χ2n) is 4.20. The Balaban J connectivity index is 2.64. The van der Waals surface area contributed by atoms with Crippen molar-refractivity contribution in [2.75, 3.05) is 7.11 Å². The zero-order valence-electron chi connectivity index (χ0n) is 10.9. The maximum Gasteiger partial charge on any atom is 0.207 e. The van der Waals surface area contributed by atoms with Gasteiger partial charge in [0.05, 0.1) is 16.9 Å². The molecule has 2 aromatic rings. The molecule has 2 rings (SSSR count). The molecule has 0 heterocycles. The van der Waals surface area contributed by atoms with Gasteiger partial charge in [0.2, 0.25) is 9.84 Å². The lowest BCUT2D eigenvalue weighted by Crippen LogP contribution is -2.04. The van der Waals surface area contributed by atoms with E-state index in [2.05, 4.69) is 0 Å². The highest BCUT2D eigenvalue weighted by Gasteiger charge is 2.22. The molecule has 0 aromatic heterocycles. The zero-order valence-corrected chi connectivity index (χ0v) is 12.5. The van der Waals surface area contributed by atoms with Gasteiger partial charge in [-0.15, -0.1) is 0 Å². The molecule has 2 aromatic carbocycles. The molecule has 0 spiro atoms. The Labute approximate surface area is 122 Å². The van der Waals surface area contributed by atoms with Crippen molar-refractivity contribution in [3.05, 3.63) is 47.0 Å². The van der Waals surface area contributed by atoms with Crippen LogP contribution in [0.3, 0.4) is 0 Å². The highest BCUT2D eigenvalue weighted by Crippen LogP contribution is 2.33. The van der Waals surface area contributed by atoms with E-state index in [0.29, 0.717) is 10.6 Å². The number of aromatic hydroxyl groups is 1. The summed E-state index contributed by atoms with van der Waals surface area (Å²) in [6, 6.07) is 8.60. The van der Waals surface area contributed by atoms with E-state index in [9.17, 15) is 13.5 Å². The van der Waals surface area contributed by atoms with Crippen LogP contribution in [0.15, 0.2) is 46.2 Å². The van der Waals surface area contributed by atoms with Crippen LogP contribution < -0.4 is 4.74 Å². The second kappa shape index (κ2) is 5.34. The highest BCUT2D eigenvalue weighted by atomic mass is 35.5. The first-order valence-electron chi connectivity index (χ1n) is 5.75. The van der Waals surface area contributed by atoms with Gasteiger partial charge in [0.1, 0.15) is 0 Å². The van der Waals surface area contributed by atoms with Crippen molar-refractivity contribution < 1.29 is 18.3 Å². The van der Waals surface area contributed by atoms with Crippen LogP contribution in [0.5, 0.6) is 11.5 Å². The van der Waals surface area contributed by atoms with Gasteiger partial charge in [-0.3, -0.25) is 0 Å². The molecular formula is C14H13ClO4S. The summed E-state index contributed by atoms with van der Waals surface area (Å²) in [6.45, 7) is 1.65. The Morgan fingerprint density at radius 3 is 2.55 bits per heavy atom. The Kier molecular flexibility index (Phi) is 3.92. The van der Waals surface area contributed by atoms with Crippen molar-refractivity contribution in [1.29, 1.82) is 0 Å². The minimum atomic E-state index is -3.72. The van der Waals surface area contributed by atoms with Gasteiger partial charge in [-0.05, 0) is 36.8 Å². The van der Waals surface area contributed by atoms with Crippen molar-refractivity contribution in [1.82, 2.24) is 0 Å². The van der Waals surface area contributed by atoms with Crippen LogP contribution in [0.25, 0.3) is 0 Å². The minimum absolute atomic E-state index is 0.0394. The standard InChI is InChI=1S/C14H13ClO4S/c1-9-11(15)4-3-5-14(9)20(17,18)10-6-7-12(16)13(8-10)19-2/h3-8,16H,1-2H3. The van der Waals surface area contributed by atoms with E-state index in [1.807, 2.05) is 0 Å².